The van der Waals surface area contributed by atoms with E-state index in [1.165, 1.54) is 12.3 Å². The van der Waals surface area contributed by atoms with Gasteiger partial charge in [-0.05, 0) is 19.1 Å². The van der Waals surface area contributed by atoms with Crippen molar-refractivity contribution in [3.8, 4) is 0 Å². The summed E-state index contributed by atoms with van der Waals surface area (Å²) in [5.41, 5.74) is 0. The summed E-state index contributed by atoms with van der Waals surface area (Å²) in [6.07, 6.45) is 1.30. The lowest BCUT2D eigenvalue weighted by Crippen LogP contribution is -2.49. The summed E-state index contributed by atoms with van der Waals surface area (Å²) in [6.45, 7) is 4.73. The molecule has 0 saturated carbocycles. The van der Waals surface area contributed by atoms with E-state index in [2.05, 4.69) is 22.1 Å². The van der Waals surface area contributed by atoms with Gasteiger partial charge in [-0.3, -0.25) is 0 Å². The Hall–Kier alpha value is -1.18. The third-order valence-electron chi connectivity index (χ3n) is 2.74. The number of pyridine rings is 1. The predicted octanol–water partition coefficient (Wildman–Crippen LogP) is -0.473. The number of sulfonamides is 1. The highest BCUT2D eigenvalue weighted by molar-refractivity contribution is 7.89. The molecule has 0 amide bonds. The molecule has 1 fully saturated rings. The maximum atomic E-state index is 11.1. The van der Waals surface area contributed by atoms with E-state index in [9.17, 15) is 8.42 Å². The average molecular weight is 256 g/mol. The van der Waals surface area contributed by atoms with Crippen molar-refractivity contribution in [3.63, 3.8) is 0 Å². The van der Waals surface area contributed by atoms with Crippen LogP contribution in [0.4, 0.5) is 5.82 Å². The van der Waals surface area contributed by atoms with E-state index in [1.807, 2.05) is 0 Å². The predicted molar refractivity (Wildman–Crippen MR) is 65.3 cm³/mol. The third-order valence-corrected chi connectivity index (χ3v) is 3.64. The van der Waals surface area contributed by atoms with E-state index in [0.29, 0.717) is 6.04 Å². The summed E-state index contributed by atoms with van der Waals surface area (Å²) < 4.78 is 22.2. The number of hydrogen-bond donors (Lipinski definition) is 2. The first kappa shape index (κ1) is 12.3. The molecule has 1 aliphatic heterocycles. The lowest BCUT2D eigenvalue weighted by molar-refractivity contribution is 0.482. The molecule has 3 N–H and O–H groups in total. The molecule has 0 aromatic carbocycles. The van der Waals surface area contributed by atoms with Gasteiger partial charge in [-0.2, -0.15) is 0 Å². The van der Waals surface area contributed by atoms with Gasteiger partial charge in [0.25, 0.3) is 0 Å². The molecular weight excluding hydrogens is 240 g/mol. The Labute approximate surface area is 101 Å². The Morgan fingerprint density at radius 3 is 2.82 bits per heavy atom. The van der Waals surface area contributed by atoms with Crippen LogP contribution in [0.1, 0.15) is 6.92 Å². The lowest BCUT2D eigenvalue weighted by Gasteiger charge is -2.32. The van der Waals surface area contributed by atoms with E-state index in [1.54, 1.807) is 6.07 Å². The summed E-state index contributed by atoms with van der Waals surface area (Å²) in [6, 6.07) is 3.59. The maximum absolute atomic E-state index is 11.1. The van der Waals surface area contributed by atoms with Gasteiger partial charge in [0.1, 0.15) is 10.7 Å². The topological polar surface area (TPSA) is 88.3 Å². The van der Waals surface area contributed by atoms with Crippen LogP contribution < -0.4 is 15.4 Å². The smallest absolute Gasteiger partial charge is 0.239 e. The van der Waals surface area contributed by atoms with Crippen molar-refractivity contribution in [1.29, 1.82) is 0 Å². The van der Waals surface area contributed by atoms with Gasteiger partial charge in [-0.1, -0.05) is 0 Å². The van der Waals surface area contributed by atoms with Crippen molar-refractivity contribution >= 4 is 15.8 Å². The van der Waals surface area contributed by atoms with Crippen molar-refractivity contribution in [2.45, 2.75) is 17.9 Å². The highest BCUT2D eigenvalue weighted by Gasteiger charge is 2.17. The molecule has 2 rings (SSSR count). The molecule has 1 aromatic rings. The summed E-state index contributed by atoms with van der Waals surface area (Å²) in [7, 11) is -3.65. The van der Waals surface area contributed by atoms with Crippen LogP contribution >= 0.6 is 0 Å². The Bertz CT molecular complexity index is 486. The average Bonchev–Trinajstić information content (AvgIpc) is 2.28. The number of nitrogens with two attached hydrogens (primary N) is 1. The monoisotopic (exact) mass is 256 g/mol. The summed E-state index contributed by atoms with van der Waals surface area (Å²) in [5, 5.41) is 8.35. The van der Waals surface area contributed by atoms with Crippen LogP contribution in [0.2, 0.25) is 0 Å². The van der Waals surface area contributed by atoms with Gasteiger partial charge in [0.05, 0.1) is 0 Å². The fourth-order valence-corrected chi connectivity index (χ4v) is 2.33. The van der Waals surface area contributed by atoms with Gasteiger partial charge in [0, 0.05) is 31.9 Å². The van der Waals surface area contributed by atoms with Gasteiger partial charge in [-0.15, -0.1) is 0 Å². The van der Waals surface area contributed by atoms with Gasteiger partial charge in [-0.25, -0.2) is 18.5 Å². The second-order valence-electron chi connectivity index (χ2n) is 4.20. The highest BCUT2D eigenvalue weighted by Crippen LogP contribution is 2.15. The molecule has 6 nitrogen and oxygen atoms in total. The Balaban J connectivity index is 2.18. The molecule has 1 aliphatic rings. The molecule has 0 bridgehead atoms. The molecule has 2 heterocycles. The van der Waals surface area contributed by atoms with Gasteiger partial charge < -0.3 is 10.2 Å². The zero-order valence-electron chi connectivity index (χ0n) is 9.63. The number of rotatable bonds is 2. The third kappa shape index (κ3) is 2.93. The van der Waals surface area contributed by atoms with E-state index in [-0.39, 0.29) is 4.90 Å². The fraction of sp³-hybridized carbons (Fsp3) is 0.500. The van der Waals surface area contributed by atoms with Gasteiger partial charge in [0.15, 0.2) is 0 Å². The van der Waals surface area contributed by atoms with Crippen LogP contribution in [0.3, 0.4) is 0 Å². The fourth-order valence-electron chi connectivity index (χ4n) is 1.87. The second kappa shape index (κ2) is 4.59. The first-order valence-corrected chi connectivity index (χ1v) is 6.98. The Morgan fingerprint density at radius 1 is 1.53 bits per heavy atom. The molecule has 17 heavy (non-hydrogen) atoms. The van der Waals surface area contributed by atoms with E-state index in [0.717, 1.165) is 25.5 Å². The SMILES string of the molecule is CC1CN(c2ccc(S(N)(=O)=O)cn2)CCN1. The van der Waals surface area contributed by atoms with Crippen LogP contribution in [0.15, 0.2) is 23.2 Å². The Kier molecular flexibility index (Phi) is 3.32. The molecule has 0 spiro atoms. The van der Waals surface area contributed by atoms with Crippen LogP contribution in [0.25, 0.3) is 0 Å². The van der Waals surface area contributed by atoms with Crippen LogP contribution in [0.5, 0.6) is 0 Å². The number of nitrogens with zero attached hydrogens (tertiary/aromatic N) is 2. The number of hydrogen-bond acceptors (Lipinski definition) is 5. The molecule has 1 atom stereocenters. The number of anilines is 1. The zero-order chi connectivity index (χ0) is 12.5. The molecule has 7 heteroatoms. The van der Waals surface area contributed by atoms with Crippen LogP contribution in [-0.4, -0.2) is 39.1 Å². The number of aromatic nitrogens is 1. The standard InChI is InChI=1S/C10H16N4O2S/c1-8-7-14(5-4-12-8)10-3-2-9(6-13-10)17(11,15)16/h2-3,6,8,12H,4-5,7H2,1H3,(H2,11,15,16). The summed E-state index contributed by atoms with van der Waals surface area (Å²) in [5.74, 6) is 0.783. The largest absolute Gasteiger partial charge is 0.354 e. The second-order valence-corrected chi connectivity index (χ2v) is 5.76. The highest BCUT2D eigenvalue weighted by atomic mass is 32.2. The van der Waals surface area contributed by atoms with Crippen LogP contribution in [-0.2, 0) is 10.0 Å². The van der Waals surface area contributed by atoms with Crippen molar-refractivity contribution in [2.24, 2.45) is 5.14 Å². The lowest BCUT2D eigenvalue weighted by atomic mass is 10.2. The maximum Gasteiger partial charge on any atom is 0.239 e. The molecule has 0 radical (unpaired) electrons. The summed E-state index contributed by atoms with van der Waals surface area (Å²) in [4.78, 5) is 6.31. The minimum Gasteiger partial charge on any atom is -0.354 e. The quantitative estimate of drug-likeness (QED) is 0.746. The van der Waals surface area contributed by atoms with Gasteiger partial charge in [0.2, 0.25) is 10.0 Å². The van der Waals surface area contributed by atoms with Gasteiger partial charge >= 0.3 is 0 Å². The van der Waals surface area contributed by atoms with Crippen molar-refractivity contribution in [1.82, 2.24) is 10.3 Å². The molecular formula is C10H16N4O2S. The minimum absolute atomic E-state index is 0.0458. The summed E-state index contributed by atoms with van der Waals surface area (Å²) >= 11 is 0. The molecule has 94 valence electrons. The van der Waals surface area contributed by atoms with E-state index < -0.39 is 10.0 Å². The zero-order valence-corrected chi connectivity index (χ0v) is 10.4. The van der Waals surface area contributed by atoms with Crippen molar-refractivity contribution < 1.29 is 8.42 Å². The normalized spacial score (nSPS) is 21.5. The first-order valence-electron chi connectivity index (χ1n) is 5.44. The molecule has 1 saturated heterocycles. The van der Waals surface area contributed by atoms with Crippen LogP contribution in [0, 0.1) is 0 Å². The number of piperazine rings is 1. The first-order chi connectivity index (χ1) is 7.97. The van der Waals surface area contributed by atoms with Crippen molar-refractivity contribution in [3.05, 3.63) is 18.3 Å². The molecule has 1 unspecified atom stereocenters. The van der Waals surface area contributed by atoms with E-state index >= 15 is 0 Å². The number of nitrogens with one attached hydrogen (secondary N) is 1. The van der Waals surface area contributed by atoms with Crippen molar-refractivity contribution in [2.75, 3.05) is 24.5 Å². The molecule has 0 aliphatic carbocycles. The molecule has 1 aromatic heterocycles. The van der Waals surface area contributed by atoms with E-state index in [4.69, 9.17) is 5.14 Å². The minimum atomic E-state index is -3.65. The number of primary sulfonamides is 1. The Morgan fingerprint density at radius 2 is 2.29 bits per heavy atom.